The van der Waals surface area contributed by atoms with Gasteiger partial charge in [0, 0.05) is 11.9 Å². The Kier molecular flexibility index (Phi) is 5.29. The number of amides is 1. The van der Waals surface area contributed by atoms with Crippen LogP contribution in [0.5, 0.6) is 0 Å². The number of fused-ring (bicyclic) bond motifs is 1. The van der Waals surface area contributed by atoms with Crippen LogP contribution in [0.3, 0.4) is 0 Å². The van der Waals surface area contributed by atoms with Crippen molar-refractivity contribution in [3.8, 4) is 0 Å². The molecule has 9 heteroatoms. The Labute approximate surface area is 170 Å². The monoisotopic (exact) mass is 417 g/mol. The number of rotatable bonds is 6. The molecule has 1 saturated heterocycles. The Hall–Kier alpha value is -2.84. The molecule has 4 rings (SSSR count). The molecule has 0 bridgehead atoms. The van der Waals surface area contributed by atoms with E-state index in [0.29, 0.717) is 23.3 Å². The molecule has 1 aliphatic heterocycles. The van der Waals surface area contributed by atoms with Gasteiger partial charge in [0.1, 0.15) is 23.8 Å². The van der Waals surface area contributed by atoms with Crippen molar-refractivity contribution >= 4 is 34.2 Å². The summed E-state index contributed by atoms with van der Waals surface area (Å²) in [5.74, 6) is -1.59. The first-order valence-corrected chi connectivity index (χ1v) is 9.48. The molecule has 29 heavy (non-hydrogen) atoms. The number of carbonyl (C=O) groups is 1. The maximum atomic E-state index is 14.1. The van der Waals surface area contributed by atoms with Crippen molar-refractivity contribution < 1.29 is 13.6 Å². The second kappa shape index (κ2) is 7.88. The molecular weight excluding hydrogens is 400 g/mol. The molecule has 0 radical (unpaired) electrons. The van der Waals surface area contributed by atoms with E-state index in [4.69, 9.17) is 17.3 Å². The number of likely N-dealkylation sites (tertiary alicyclic amines) is 1. The Morgan fingerprint density at radius 1 is 1.24 bits per heavy atom. The molecular formula is C20H18ClF2N5O. The number of aromatic nitrogens is 2. The molecule has 1 aromatic heterocycles. The molecule has 0 aliphatic carbocycles. The maximum Gasteiger partial charge on any atom is 0.251 e. The second-order valence-corrected chi connectivity index (χ2v) is 7.37. The van der Waals surface area contributed by atoms with Gasteiger partial charge >= 0.3 is 0 Å². The first-order valence-electron chi connectivity index (χ1n) is 9.10. The van der Waals surface area contributed by atoms with Crippen molar-refractivity contribution in [2.75, 3.05) is 25.0 Å². The number of anilines is 1. The largest absolute Gasteiger partial charge is 0.366 e. The first kappa shape index (κ1) is 19.5. The van der Waals surface area contributed by atoms with Crippen LogP contribution in [0, 0.1) is 11.6 Å². The quantitative estimate of drug-likeness (QED) is 0.641. The van der Waals surface area contributed by atoms with Gasteiger partial charge in [-0.3, -0.25) is 4.79 Å². The minimum Gasteiger partial charge on any atom is -0.366 e. The third kappa shape index (κ3) is 3.99. The van der Waals surface area contributed by atoms with Crippen molar-refractivity contribution in [1.29, 1.82) is 0 Å². The molecule has 0 saturated carbocycles. The van der Waals surface area contributed by atoms with Gasteiger partial charge in [-0.25, -0.2) is 18.7 Å². The fraction of sp³-hybridized carbons (Fsp3) is 0.250. The van der Waals surface area contributed by atoms with Crippen LogP contribution in [0.25, 0.3) is 10.9 Å². The van der Waals surface area contributed by atoms with Crippen LogP contribution < -0.4 is 11.1 Å². The van der Waals surface area contributed by atoms with Crippen LogP contribution in [-0.2, 0) is 0 Å². The van der Waals surface area contributed by atoms with Gasteiger partial charge in [0.25, 0.3) is 5.91 Å². The lowest BCUT2D eigenvalue weighted by molar-refractivity contribution is 0.100. The first-order chi connectivity index (χ1) is 13.9. The molecule has 1 amide bonds. The molecule has 0 spiro atoms. The van der Waals surface area contributed by atoms with Gasteiger partial charge in [0.2, 0.25) is 0 Å². The van der Waals surface area contributed by atoms with Gasteiger partial charge in [0.15, 0.2) is 0 Å². The van der Waals surface area contributed by atoms with E-state index in [2.05, 4.69) is 20.2 Å². The molecule has 1 fully saturated rings. The smallest absolute Gasteiger partial charge is 0.251 e. The number of nitrogens with zero attached hydrogens (tertiary/aromatic N) is 3. The number of hydrogen-bond acceptors (Lipinski definition) is 5. The molecule has 6 nitrogen and oxygen atoms in total. The number of nitrogens with two attached hydrogens (primary N) is 1. The molecule has 1 aliphatic rings. The fourth-order valence-corrected chi connectivity index (χ4v) is 3.50. The normalized spacial score (nSPS) is 15.1. The van der Waals surface area contributed by atoms with Crippen LogP contribution in [0.2, 0.25) is 5.02 Å². The van der Waals surface area contributed by atoms with Crippen molar-refractivity contribution in [1.82, 2.24) is 14.9 Å². The van der Waals surface area contributed by atoms with Crippen molar-refractivity contribution in [3.63, 3.8) is 0 Å². The van der Waals surface area contributed by atoms with Crippen LogP contribution in [0.15, 0.2) is 36.7 Å². The standard InChI is InChI=1S/C20H18ClF2N5O/c21-15-3-2-11(6-16(15)23)17(9-28-4-1-5-28)27-20-14-8-12(22)7-13(19(24)29)18(14)25-10-26-20/h2-3,6-8,10,17H,1,4-5,9H2,(H2,24,29)(H,25,26,27). The molecule has 1 atom stereocenters. The maximum absolute atomic E-state index is 14.1. The van der Waals surface area contributed by atoms with E-state index in [0.717, 1.165) is 25.6 Å². The van der Waals surface area contributed by atoms with Gasteiger partial charge in [-0.05, 0) is 49.3 Å². The average Bonchev–Trinajstić information content (AvgIpc) is 2.65. The highest BCUT2D eigenvalue weighted by Gasteiger charge is 2.23. The summed E-state index contributed by atoms with van der Waals surface area (Å²) in [7, 11) is 0. The second-order valence-electron chi connectivity index (χ2n) is 6.96. The Morgan fingerprint density at radius 2 is 2.03 bits per heavy atom. The van der Waals surface area contributed by atoms with Gasteiger partial charge < -0.3 is 16.0 Å². The summed E-state index contributed by atoms with van der Waals surface area (Å²) in [5, 5.41) is 3.62. The van der Waals surface area contributed by atoms with Gasteiger partial charge in [-0.1, -0.05) is 17.7 Å². The number of hydrogen-bond donors (Lipinski definition) is 2. The fourth-order valence-electron chi connectivity index (χ4n) is 3.39. The summed E-state index contributed by atoms with van der Waals surface area (Å²) in [5.41, 5.74) is 6.27. The van der Waals surface area contributed by atoms with Crippen molar-refractivity contribution in [2.24, 2.45) is 5.73 Å². The van der Waals surface area contributed by atoms with Gasteiger partial charge in [-0.2, -0.15) is 0 Å². The molecule has 3 aromatic rings. The molecule has 3 N–H and O–H groups in total. The molecule has 150 valence electrons. The lowest BCUT2D eigenvalue weighted by Gasteiger charge is -2.35. The lowest BCUT2D eigenvalue weighted by atomic mass is 10.0. The number of halogens is 3. The van der Waals surface area contributed by atoms with E-state index in [9.17, 15) is 13.6 Å². The summed E-state index contributed by atoms with van der Waals surface area (Å²) in [4.78, 5) is 22.2. The number of carbonyl (C=O) groups excluding carboxylic acids is 1. The lowest BCUT2D eigenvalue weighted by Crippen LogP contribution is -2.41. The summed E-state index contributed by atoms with van der Waals surface area (Å²) >= 11 is 5.82. The van der Waals surface area contributed by atoms with E-state index < -0.39 is 17.5 Å². The minimum atomic E-state index is -0.781. The van der Waals surface area contributed by atoms with Crippen LogP contribution >= 0.6 is 11.6 Å². The predicted octanol–water partition coefficient (Wildman–Crippen LogP) is 3.52. The zero-order valence-corrected chi connectivity index (χ0v) is 16.1. The van der Waals surface area contributed by atoms with E-state index in [1.807, 2.05) is 0 Å². The highest BCUT2D eigenvalue weighted by atomic mass is 35.5. The van der Waals surface area contributed by atoms with Crippen molar-refractivity contribution in [3.05, 3.63) is 64.4 Å². The molecule has 1 unspecified atom stereocenters. The van der Waals surface area contributed by atoms with Gasteiger partial charge in [-0.15, -0.1) is 0 Å². The predicted molar refractivity (Wildman–Crippen MR) is 107 cm³/mol. The summed E-state index contributed by atoms with van der Waals surface area (Å²) < 4.78 is 28.2. The minimum absolute atomic E-state index is 0.0257. The summed E-state index contributed by atoms with van der Waals surface area (Å²) in [6.45, 7) is 2.49. The zero-order chi connectivity index (χ0) is 20.5. The summed E-state index contributed by atoms with van der Waals surface area (Å²) in [6.07, 6.45) is 2.38. The average molecular weight is 418 g/mol. The summed E-state index contributed by atoms with van der Waals surface area (Å²) in [6, 6.07) is 6.57. The van der Waals surface area contributed by atoms with E-state index in [1.165, 1.54) is 24.5 Å². The van der Waals surface area contributed by atoms with Gasteiger partial charge in [0.05, 0.1) is 22.1 Å². The Bertz CT molecular complexity index is 1090. The molecule has 2 heterocycles. The van der Waals surface area contributed by atoms with E-state index in [-0.39, 0.29) is 22.1 Å². The van der Waals surface area contributed by atoms with Crippen LogP contribution in [-0.4, -0.2) is 40.4 Å². The Balaban J connectivity index is 1.76. The SMILES string of the molecule is NC(=O)c1cc(F)cc2c(NC(CN3CCC3)c3ccc(Cl)c(F)c3)ncnc12. The number of primary amides is 1. The Morgan fingerprint density at radius 3 is 2.69 bits per heavy atom. The van der Waals surface area contributed by atoms with E-state index in [1.54, 1.807) is 6.07 Å². The number of benzene rings is 2. The van der Waals surface area contributed by atoms with Crippen LogP contribution in [0.1, 0.15) is 28.4 Å². The molecule has 2 aromatic carbocycles. The highest BCUT2D eigenvalue weighted by molar-refractivity contribution is 6.30. The van der Waals surface area contributed by atoms with Crippen molar-refractivity contribution in [2.45, 2.75) is 12.5 Å². The number of nitrogens with one attached hydrogen (secondary N) is 1. The highest BCUT2D eigenvalue weighted by Crippen LogP contribution is 2.29. The topological polar surface area (TPSA) is 84.1 Å². The third-order valence-corrected chi connectivity index (χ3v) is 5.32. The zero-order valence-electron chi connectivity index (χ0n) is 15.3. The third-order valence-electron chi connectivity index (χ3n) is 5.02. The van der Waals surface area contributed by atoms with Crippen LogP contribution in [0.4, 0.5) is 14.6 Å². The van der Waals surface area contributed by atoms with E-state index >= 15 is 0 Å².